The van der Waals surface area contributed by atoms with E-state index in [9.17, 15) is 15.1 Å². The van der Waals surface area contributed by atoms with Crippen LogP contribution in [0.4, 0.5) is 5.69 Å². The van der Waals surface area contributed by atoms with Crippen LogP contribution in [-0.4, -0.2) is 22.8 Å². The topological polar surface area (TPSA) is 97.1 Å². The second-order valence-electron chi connectivity index (χ2n) is 4.85. The molecule has 6 nitrogen and oxygen atoms in total. The molecule has 0 saturated heterocycles. The van der Waals surface area contributed by atoms with Crippen molar-refractivity contribution in [1.82, 2.24) is 5.32 Å². The number of rotatable bonds is 6. The summed E-state index contributed by atoms with van der Waals surface area (Å²) >= 11 is 0. The van der Waals surface area contributed by atoms with Crippen LogP contribution in [0.1, 0.15) is 25.8 Å². The summed E-state index contributed by atoms with van der Waals surface area (Å²) in [7, 11) is 0. The molecule has 4 N–H and O–H groups in total. The van der Waals surface area contributed by atoms with E-state index in [1.54, 1.807) is 6.07 Å². The van der Waals surface area contributed by atoms with Crippen molar-refractivity contribution in [2.75, 3.05) is 6.54 Å². The van der Waals surface area contributed by atoms with Gasteiger partial charge in [-0.2, -0.15) is 5.23 Å². The monoisotopic (exact) mass is 268 g/mol. The van der Waals surface area contributed by atoms with E-state index >= 15 is 0 Å². The molecule has 1 unspecified atom stereocenters. The van der Waals surface area contributed by atoms with Crippen molar-refractivity contribution in [2.45, 2.75) is 26.7 Å². The summed E-state index contributed by atoms with van der Waals surface area (Å²) < 4.78 is 0. The van der Waals surface area contributed by atoms with E-state index in [0.29, 0.717) is 25.3 Å². The van der Waals surface area contributed by atoms with Crippen LogP contribution in [-0.2, 0) is 11.2 Å². The molecule has 1 rings (SSSR count). The molecule has 0 aromatic heterocycles. The summed E-state index contributed by atoms with van der Waals surface area (Å²) in [6.45, 7) is 4.40. The maximum atomic E-state index is 11.4. The smallest absolute Gasteiger partial charge is 0.220 e. The summed E-state index contributed by atoms with van der Waals surface area (Å²) in [5.41, 5.74) is 0.644. The lowest BCUT2D eigenvalue weighted by Crippen LogP contribution is -2.99. The summed E-state index contributed by atoms with van der Waals surface area (Å²) in [5.74, 6) is 0.0552. The highest BCUT2D eigenvalue weighted by Crippen LogP contribution is 2.20. The van der Waals surface area contributed by atoms with Gasteiger partial charge in [-0.3, -0.25) is 4.79 Å². The fraction of sp³-hybridized carbons (Fsp3) is 0.462. The summed E-state index contributed by atoms with van der Waals surface area (Å²) in [4.78, 5) is 11.4. The van der Waals surface area contributed by atoms with Crippen molar-refractivity contribution in [3.8, 4) is 5.75 Å². The number of phenolic OH excluding ortho intramolecular Hbond substituents is 1. The Morgan fingerprint density at radius 3 is 2.74 bits per heavy atom. The highest BCUT2D eigenvalue weighted by atomic mass is 16.8. The minimum atomic E-state index is -1.16. The average molecular weight is 268 g/mol. The van der Waals surface area contributed by atoms with Crippen LogP contribution in [0.15, 0.2) is 18.2 Å². The van der Waals surface area contributed by atoms with E-state index in [4.69, 9.17) is 5.21 Å². The van der Waals surface area contributed by atoms with E-state index in [0.717, 1.165) is 5.56 Å². The third-order valence-corrected chi connectivity index (χ3v) is 2.62. The van der Waals surface area contributed by atoms with Gasteiger partial charge in [0, 0.05) is 19.0 Å². The number of benzene rings is 1. The standard InChI is InChI=1S/C13H20N2O4/c1-9(2)7-13(17)14-6-5-10-3-4-12(16)11(8-10)15(18)19/h3-4,8-9,15-16,18H,5-7H2,1-2H3,(H,14,17). The SMILES string of the molecule is CC(C)CC(=O)NCCc1ccc(O)c([NH+]([O-])O)c1. The lowest BCUT2D eigenvalue weighted by Gasteiger charge is -2.14. The molecule has 1 atom stereocenters. The number of hydrogen-bond donors (Lipinski definition) is 4. The maximum Gasteiger partial charge on any atom is 0.220 e. The Balaban J connectivity index is 2.50. The fourth-order valence-corrected chi connectivity index (χ4v) is 1.70. The molecule has 0 fully saturated rings. The Hall–Kier alpha value is -1.63. The molecule has 1 aromatic rings. The summed E-state index contributed by atoms with van der Waals surface area (Å²) in [6.07, 6.45) is 1.01. The van der Waals surface area contributed by atoms with E-state index in [1.807, 2.05) is 13.8 Å². The van der Waals surface area contributed by atoms with Crippen LogP contribution < -0.4 is 10.5 Å². The lowest BCUT2D eigenvalue weighted by molar-refractivity contribution is -0.991. The zero-order valence-electron chi connectivity index (χ0n) is 11.1. The predicted molar refractivity (Wildman–Crippen MR) is 70.1 cm³/mol. The third-order valence-electron chi connectivity index (χ3n) is 2.62. The number of hydrogen-bond acceptors (Lipinski definition) is 4. The number of nitrogens with one attached hydrogen (secondary N) is 2. The second kappa shape index (κ2) is 7.08. The Bertz CT molecular complexity index is 433. The van der Waals surface area contributed by atoms with Crippen LogP contribution >= 0.6 is 0 Å². The van der Waals surface area contributed by atoms with Gasteiger partial charge in [0.25, 0.3) is 0 Å². The summed E-state index contributed by atoms with van der Waals surface area (Å²) in [6, 6.07) is 4.43. The van der Waals surface area contributed by atoms with Gasteiger partial charge in [0.05, 0.1) is 0 Å². The molecule has 0 saturated carbocycles. The Kier molecular flexibility index (Phi) is 5.75. The Morgan fingerprint density at radius 1 is 1.47 bits per heavy atom. The maximum absolute atomic E-state index is 11.4. The van der Waals surface area contributed by atoms with Crippen molar-refractivity contribution in [1.29, 1.82) is 0 Å². The number of quaternary nitrogens is 1. The van der Waals surface area contributed by atoms with Crippen LogP contribution in [0, 0.1) is 11.1 Å². The van der Waals surface area contributed by atoms with Gasteiger partial charge in [-0.1, -0.05) is 19.9 Å². The van der Waals surface area contributed by atoms with Crippen molar-refractivity contribution in [2.24, 2.45) is 5.92 Å². The molecule has 0 radical (unpaired) electrons. The lowest BCUT2D eigenvalue weighted by atomic mass is 10.1. The molecular formula is C13H20N2O4. The first-order valence-electron chi connectivity index (χ1n) is 6.22. The minimum absolute atomic E-state index is 0.00719. The highest BCUT2D eigenvalue weighted by molar-refractivity contribution is 5.76. The molecular weight excluding hydrogens is 248 g/mol. The van der Waals surface area contributed by atoms with E-state index < -0.39 is 5.23 Å². The average Bonchev–Trinajstić information content (AvgIpc) is 2.30. The third kappa shape index (κ3) is 5.25. The number of aromatic hydroxyl groups is 1. The van der Waals surface area contributed by atoms with Gasteiger partial charge in [0.2, 0.25) is 11.6 Å². The molecule has 6 heteroatoms. The molecule has 106 valence electrons. The van der Waals surface area contributed by atoms with Gasteiger partial charge in [0.15, 0.2) is 5.75 Å². The zero-order chi connectivity index (χ0) is 14.4. The zero-order valence-corrected chi connectivity index (χ0v) is 11.1. The van der Waals surface area contributed by atoms with E-state index in [-0.39, 0.29) is 17.3 Å². The van der Waals surface area contributed by atoms with Crippen molar-refractivity contribution in [3.05, 3.63) is 29.0 Å². The molecule has 1 aromatic carbocycles. The number of carbonyl (C=O) groups is 1. The van der Waals surface area contributed by atoms with Crippen molar-refractivity contribution >= 4 is 11.6 Å². The first-order valence-corrected chi connectivity index (χ1v) is 6.22. The minimum Gasteiger partial charge on any atom is -0.595 e. The Morgan fingerprint density at radius 2 is 2.16 bits per heavy atom. The molecule has 0 aliphatic rings. The van der Waals surface area contributed by atoms with Crippen LogP contribution in [0.25, 0.3) is 0 Å². The van der Waals surface area contributed by atoms with Crippen molar-refractivity contribution in [3.63, 3.8) is 0 Å². The first kappa shape index (κ1) is 15.4. The predicted octanol–water partition coefficient (Wildman–Crippen LogP) is 0.500. The Labute approximate surface area is 112 Å². The number of amides is 1. The molecule has 0 heterocycles. The number of phenols is 1. The van der Waals surface area contributed by atoms with Gasteiger partial charge in [-0.15, -0.1) is 0 Å². The van der Waals surface area contributed by atoms with Gasteiger partial charge in [0.1, 0.15) is 0 Å². The molecule has 0 spiro atoms. The fourth-order valence-electron chi connectivity index (χ4n) is 1.70. The molecule has 0 aliphatic carbocycles. The van der Waals surface area contributed by atoms with E-state index in [2.05, 4.69) is 5.32 Å². The summed E-state index contributed by atoms with van der Waals surface area (Å²) in [5, 5.41) is 30.7. The first-order chi connectivity index (χ1) is 8.90. The van der Waals surface area contributed by atoms with Crippen LogP contribution in [0.3, 0.4) is 0 Å². The van der Waals surface area contributed by atoms with Gasteiger partial charge in [-0.25, -0.2) is 5.21 Å². The van der Waals surface area contributed by atoms with Gasteiger partial charge in [-0.05, 0) is 24.0 Å². The van der Waals surface area contributed by atoms with Gasteiger partial charge < -0.3 is 15.6 Å². The molecule has 1 amide bonds. The second-order valence-corrected chi connectivity index (χ2v) is 4.85. The van der Waals surface area contributed by atoms with Crippen molar-refractivity contribution < 1.29 is 20.3 Å². The van der Waals surface area contributed by atoms with Crippen LogP contribution in [0.5, 0.6) is 5.75 Å². The quantitative estimate of drug-likeness (QED) is 0.446. The molecule has 0 bridgehead atoms. The normalized spacial score (nSPS) is 12.5. The largest absolute Gasteiger partial charge is 0.595 e. The number of carbonyl (C=O) groups excluding carboxylic acids is 1. The van der Waals surface area contributed by atoms with E-state index in [1.165, 1.54) is 12.1 Å². The van der Waals surface area contributed by atoms with Crippen LogP contribution in [0.2, 0.25) is 0 Å². The molecule has 0 aliphatic heterocycles. The molecule has 19 heavy (non-hydrogen) atoms. The highest BCUT2D eigenvalue weighted by Gasteiger charge is 2.09. The van der Waals surface area contributed by atoms with Gasteiger partial charge >= 0.3 is 0 Å².